The summed E-state index contributed by atoms with van der Waals surface area (Å²) in [5.74, 6) is -1.46. The Balaban J connectivity index is 2.16. The lowest BCUT2D eigenvalue weighted by atomic mass is 10.1. The molecule has 1 aliphatic heterocycles. The van der Waals surface area contributed by atoms with Gasteiger partial charge >= 0.3 is 0 Å². The number of piperidine rings is 1. The third-order valence-corrected chi connectivity index (χ3v) is 3.22. The second-order valence-electron chi connectivity index (χ2n) is 4.04. The van der Waals surface area contributed by atoms with E-state index in [4.69, 9.17) is 23.2 Å². The first-order chi connectivity index (χ1) is 8.99. The molecule has 1 N–H and O–H groups in total. The van der Waals surface area contributed by atoms with Gasteiger partial charge in [0.2, 0.25) is 11.8 Å². The maximum absolute atomic E-state index is 12.0. The Labute approximate surface area is 119 Å². The highest BCUT2D eigenvalue weighted by Gasteiger charge is 2.28. The number of nitrogens with zero attached hydrogens (tertiary/aromatic N) is 1. The number of hydrogen-bond donors (Lipinski definition) is 1. The van der Waals surface area contributed by atoms with Crippen LogP contribution in [-0.2, 0) is 9.59 Å². The third kappa shape index (κ3) is 3.05. The van der Waals surface area contributed by atoms with Crippen molar-refractivity contribution in [3.63, 3.8) is 0 Å². The van der Waals surface area contributed by atoms with Gasteiger partial charge in [0.25, 0.3) is 5.91 Å². The molecule has 19 heavy (non-hydrogen) atoms. The summed E-state index contributed by atoms with van der Waals surface area (Å²) in [4.78, 5) is 35.0. The Bertz CT molecular complexity index is 544. The summed E-state index contributed by atoms with van der Waals surface area (Å²) in [5, 5.41) is 1.30. The maximum atomic E-state index is 12.0. The fraction of sp³-hybridized carbons (Fsp3) is 0.250. The van der Waals surface area contributed by atoms with E-state index >= 15 is 0 Å². The number of rotatable bonds is 2. The molecule has 0 bridgehead atoms. The van der Waals surface area contributed by atoms with Crippen LogP contribution in [0.2, 0.25) is 10.0 Å². The van der Waals surface area contributed by atoms with Crippen LogP contribution >= 0.6 is 23.2 Å². The zero-order valence-corrected chi connectivity index (χ0v) is 11.3. The summed E-state index contributed by atoms with van der Waals surface area (Å²) in [6.07, 6.45) is 0.979. The van der Waals surface area contributed by atoms with E-state index in [1.807, 2.05) is 0 Å². The van der Waals surface area contributed by atoms with Gasteiger partial charge in [-0.25, -0.2) is 0 Å². The SMILES string of the molecule is O=C(NN1C(=O)CCCC1=O)c1ccc(Cl)cc1Cl. The normalized spacial score (nSPS) is 15.6. The molecule has 3 amide bonds. The quantitative estimate of drug-likeness (QED) is 0.851. The molecule has 7 heteroatoms. The lowest BCUT2D eigenvalue weighted by molar-refractivity contribution is -0.150. The van der Waals surface area contributed by atoms with Crippen LogP contribution in [0.5, 0.6) is 0 Å². The van der Waals surface area contributed by atoms with Crippen molar-refractivity contribution < 1.29 is 14.4 Å². The number of hydrazine groups is 1. The highest BCUT2D eigenvalue weighted by atomic mass is 35.5. The molecule has 1 aliphatic rings. The minimum Gasteiger partial charge on any atom is -0.273 e. The van der Waals surface area contributed by atoms with Crippen LogP contribution in [0, 0.1) is 0 Å². The third-order valence-electron chi connectivity index (χ3n) is 2.67. The first kappa shape index (κ1) is 13.8. The van der Waals surface area contributed by atoms with Gasteiger partial charge in [0, 0.05) is 17.9 Å². The number of amides is 3. The maximum Gasteiger partial charge on any atom is 0.271 e. The Morgan fingerprint density at radius 3 is 2.37 bits per heavy atom. The van der Waals surface area contributed by atoms with Gasteiger partial charge in [-0.1, -0.05) is 23.2 Å². The van der Waals surface area contributed by atoms with E-state index < -0.39 is 17.7 Å². The van der Waals surface area contributed by atoms with Gasteiger partial charge < -0.3 is 0 Å². The zero-order valence-electron chi connectivity index (χ0n) is 9.78. The molecule has 5 nitrogen and oxygen atoms in total. The molecule has 0 radical (unpaired) electrons. The van der Waals surface area contributed by atoms with Crippen molar-refractivity contribution in [2.75, 3.05) is 0 Å². The summed E-state index contributed by atoms with van der Waals surface area (Å²) in [6, 6.07) is 4.35. The van der Waals surface area contributed by atoms with Gasteiger partial charge in [-0.2, -0.15) is 5.01 Å². The summed E-state index contributed by atoms with van der Waals surface area (Å²) < 4.78 is 0. The van der Waals surface area contributed by atoms with Crippen LogP contribution in [0.25, 0.3) is 0 Å². The van der Waals surface area contributed by atoms with Crippen molar-refractivity contribution in [1.82, 2.24) is 10.4 Å². The van der Waals surface area contributed by atoms with Crippen LogP contribution in [0.1, 0.15) is 29.6 Å². The van der Waals surface area contributed by atoms with Crippen molar-refractivity contribution >= 4 is 40.9 Å². The minimum atomic E-state index is -0.620. The van der Waals surface area contributed by atoms with Crippen molar-refractivity contribution in [3.8, 4) is 0 Å². The summed E-state index contributed by atoms with van der Waals surface area (Å²) in [5.41, 5.74) is 2.41. The van der Waals surface area contributed by atoms with Gasteiger partial charge in [0.05, 0.1) is 10.6 Å². The van der Waals surface area contributed by atoms with E-state index in [9.17, 15) is 14.4 Å². The first-order valence-corrected chi connectivity index (χ1v) is 6.36. The molecule has 0 unspecified atom stereocenters. The standard InChI is InChI=1S/C12H10Cl2N2O3/c13-7-4-5-8(9(14)6-7)12(19)15-16-10(17)2-1-3-11(16)18/h4-6H,1-3H2,(H,15,19). The van der Waals surface area contributed by atoms with E-state index in [1.54, 1.807) is 0 Å². The second-order valence-corrected chi connectivity index (χ2v) is 4.89. The molecule has 0 atom stereocenters. The van der Waals surface area contributed by atoms with Gasteiger partial charge in [0.15, 0.2) is 0 Å². The molecule has 1 aromatic carbocycles. The molecule has 0 spiro atoms. The van der Waals surface area contributed by atoms with E-state index in [2.05, 4.69) is 5.43 Å². The Morgan fingerprint density at radius 2 is 1.79 bits per heavy atom. The lowest BCUT2D eigenvalue weighted by Crippen LogP contribution is -2.51. The number of carbonyl (C=O) groups is 3. The molecule has 0 saturated carbocycles. The largest absolute Gasteiger partial charge is 0.273 e. The predicted molar refractivity (Wildman–Crippen MR) is 69.6 cm³/mol. The minimum absolute atomic E-state index is 0.150. The topological polar surface area (TPSA) is 66.5 Å². The summed E-state index contributed by atoms with van der Waals surface area (Å²) in [6.45, 7) is 0. The number of nitrogens with one attached hydrogen (secondary N) is 1. The van der Waals surface area contributed by atoms with Crippen molar-refractivity contribution in [1.29, 1.82) is 0 Å². The summed E-state index contributed by atoms with van der Waals surface area (Å²) in [7, 11) is 0. The molecular weight excluding hydrogens is 291 g/mol. The van der Waals surface area contributed by atoms with Gasteiger partial charge in [-0.3, -0.25) is 19.8 Å². The van der Waals surface area contributed by atoms with Gasteiger partial charge in [-0.15, -0.1) is 0 Å². The van der Waals surface area contributed by atoms with Crippen molar-refractivity contribution in [2.45, 2.75) is 19.3 Å². The smallest absolute Gasteiger partial charge is 0.271 e. The number of imide groups is 1. The second kappa shape index (κ2) is 5.59. The van der Waals surface area contributed by atoms with Crippen LogP contribution in [0.15, 0.2) is 18.2 Å². The fourth-order valence-electron chi connectivity index (χ4n) is 1.71. The molecule has 100 valence electrons. The molecule has 1 saturated heterocycles. The van der Waals surface area contributed by atoms with E-state index in [0.717, 1.165) is 5.01 Å². The van der Waals surface area contributed by atoms with E-state index in [0.29, 0.717) is 11.4 Å². The highest BCUT2D eigenvalue weighted by Crippen LogP contribution is 2.21. The highest BCUT2D eigenvalue weighted by molar-refractivity contribution is 6.36. The number of halogens is 2. The first-order valence-electron chi connectivity index (χ1n) is 5.61. The molecule has 0 aliphatic carbocycles. The monoisotopic (exact) mass is 300 g/mol. The summed E-state index contributed by atoms with van der Waals surface area (Å²) >= 11 is 11.6. The molecule has 0 aromatic heterocycles. The van der Waals surface area contributed by atoms with Gasteiger partial charge in [0.1, 0.15) is 0 Å². The molecular formula is C12H10Cl2N2O3. The van der Waals surface area contributed by atoms with Crippen molar-refractivity contribution in [2.24, 2.45) is 0 Å². The number of carbonyl (C=O) groups excluding carboxylic acids is 3. The van der Waals surface area contributed by atoms with Crippen LogP contribution in [0.4, 0.5) is 0 Å². The van der Waals surface area contributed by atoms with Gasteiger partial charge in [-0.05, 0) is 24.6 Å². The molecule has 1 fully saturated rings. The predicted octanol–water partition coefficient (Wildman–Crippen LogP) is 2.18. The van der Waals surface area contributed by atoms with E-state index in [1.165, 1.54) is 18.2 Å². The molecule has 1 heterocycles. The molecule has 2 rings (SSSR count). The average Bonchev–Trinajstić information content (AvgIpc) is 2.33. The fourth-order valence-corrected chi connectivity index (χ4v) is 2.21. The van der Waals surface area contributed by atoms with Crippen LogP contribution < -0.4 is 5.43 Å². The Kier molecular flexibility index (Phi) is 4.07. The molecule has 1 aromatic rings. The van der Waals surface area contributed by atoms with Crippen molar-refractivity contribution in [3.05, 3.63) is 33.8 Å². The lowest BCUT2D eigenvalue weighted by Gasteiger charge is -2.25. The van der Waals surface area contributed by atoms with Crippen LogP contribution in [0.3, 0.4) is 0 Å². The zero-order chi connectivity index (χ0) is 14.0. The van der Waals surface area contributed by atoms with Crippen LogP contribution in [-0.4, -0.2) is 22.7 Å². The van der Waals surface area contributed by atoms with E-state index in [-0.39, 0.29) is 23.4 Å². The Hall–Kier alpha value is -1.59. The number of hydrogen-bond acceptors (Lipinski definition) is 3. The average molecular weight is 301 g/mol. The number of benzene rings is 1. The Morgan fingerprint density at radius 1 is 1.16 bits per heavy atom.